The summed E-state index contributed by atoms with van der Waals surface area (Å²) in [6, 6.07) is 9.77. The molecule has 1 amide bonds. The number of aryl methyl sites for hydroxylation is 2. The van der Waals surface area contributed by atoms with E-state index >= 15 is 0 Å². The average Bonchev–Trinajstić information content (AvgIpc) is 3.28. The van der Waals surface area contributed by atoms with Crippen LogP contribution in [0.5, 0.6) is 0 Å². The molecule has 2 N–H and O–H groups in total. The number of hydrogen-bond donors (Lipinski definition) is 2. The molecule has 0 aliphatic rings. The van der Waals surface area contributed by atoms with Crippen molar-refractivity contribution in [3.8, 4) is 5.69 Å². The lowest BCUT2D eigenvalue weighted by Crippen LogP contribution is -2.14. The molecular weight excluding hydrogens is 318 g/mol. The molecule has 0 unspecified atom stereocenters. The third kappa shape index (κ3) is 2.78. The van der Waals surface area contributed by atoms with Crippen LogP contribution < -0.4 is 5.32 Å². The SMILES string of the molecule is Cc1nn(C)c2n[nH]c(NC(=O)Cc3cnn(-c4ccccc4)c3)c12. The van der Waals surface area contributed by atoms with Crippen LogP contribution in [0.25, 0.3) is 16.7 Å². The number of aromatic amines is 1. The Balaban J connectivity index is 1.50. The van der Waals surface area contributed by atoms with Crippen molar-refractivity contribution in [3.63, 3.8) is 0 Å². The predicted molar refractivity (Wildman–Crippen MR) is 93.5 cm³/mol. The first-order valence-corrected chi connectivity index (χ1v) is 7.88. The molecule has 0 saturated carbocycles. The standard InChI is InChI=1S/C17H17N7O/c1-11-15-16(20-21-17(15)23(2)22-11)19-14(25)8-12-9-18-24(10-12)13-6-4-3-5-7-13/h3-7,9-10H,8H2,1-2H3,(H2,19,20,21,25). The van der Waals surface area contributed by atoms with Gasteiger partial charge in [0, 0.05) is 13.2 Å². The molecule has 4 aromatic rings. The number of carbonyl (C=O) groups is 1. The normalized spacial score (nSPS) is 11.1. The summed E-state index contributed by atoms with van der Waals surface area (Å²) < 4.78 is 3.43. The Labute approximate surface area is 143 Å². The Hall–Kier alpha value is -3.42. The van der Waals surface area contributed by atoms with Crippen LogP contribution in [0.2, 0.25) is 0 Å². The fraction of sp³-hybridized carbons (Fsp3) is 0.176. The molecule has 0 saturated heterocycles. The van der Waals surface area contributed by atoms with Crippen molar-refractivity contribution < 1.29 is 4.79 Å². The zero-order valence-electron chi connectivity index (χ0n) is 13.9. The Morgan fingerprint density at radius 3 is 2.88 bits per heavy atom. The maximum atomic E-state index is 12.4. The van der Waals surface area contributed by atoms with E-state index in [4.69, 9.17) is 0 Å². The summed E-state index contributed by atoms with van der Waals surface area (Å²) in [6.45, 7) is 1.89. The third-order valence-corrected chi connectivity index (χ3v) is 4.00. The molecule has 3 heterocycles. The summed E-state index contributed by atoms with van der Waals surface area (Å²) in [5, 5.41) is 19.4. The molecule has 0 aliphatic heterocycles. The molecule has 0 radical (unpaired) electrons. The van der Waals surface area contributed by atoms with E-state index in [1.165, 1.54) is 0 Å². The van der Waals surface area contributed by atoms with E-state index in [0.29, 0.717) is 11.5 Å². The minimum atomic E-state index is -0.138. The van der Waals surface area contributed by atoms with Gasteiger partial charge in [-0.15, -0.1) is 0 Å². The smallest absolute Gasteiger partial charge is 0.230 e. The van der Waals surface area contributed by atoms with Crippen molar-refractivity contribution in [3.05, 3.63) is 54.0 Å². The van der Waals surface area contributed by atoms with Gasteiger partial charge in [0.15, 0.2) is 5.65 Å². The number of nitrogens with one attached hydrogen (secondary N) is 2. The average molecular weight is 335 g/mol. The number of fused-ring (bicyclic) bond motifs is 1. The number of carbonyl (C=O) groups excluding carboxylic acids is 1. The molecule has 1 aromatic carbocycles. The number of nitrogens with zero attached hydrogens (tertiary/aromatic N) is 5. The molecule has 4 rings (SSSR count). The summed E-state index contributed by atoms with van der Waals surface area (Å²) in [4.78, 5) is 12.4. The molecule has 126 valence electrons. The van der Waals surface area contributed by atoms with Crippen LogP contribution in [0.3, 0.4) is 0 Å². The number of amides is 1. The van der Waals surface area contributed by atoms with E-state index in [1.807, 2.05) is 50.5 Å². The lowest BCUT2D eigenvalue weighted by molar-refractivity contribution is -0.115. The van der Waals surface area contributed by atoms with Crippen molar-refractivity contribution in [2.75, 3.05) is 5.32 Å². The van der Waals surface area contributed by atoms with Crippen LogP contribution in [0, 0.1) is 6.92 Å². The second kappa shape index (κ2) is 5.90. The zero-order valence-corrected chi connectivity index (χ0v) is 13.9. The summed E-state index contributed by atoms with van der Waals surface area (Å²) >= 11 is 0. The summed E-state index contributed by atoms with van der Waals surface area (Å²) in [7, 11) is 1.82. The summed E-state index contributed by atoms with van der Waals surface area (Å²) in [5.74, 6) is 0.433. The maximum absolute atomic E-state index is 12.4. The number of rotatable bonds is 4. The van der Waals surface area contributed by atoms with E-state index in [0.717, 1.165) is 22.3 Å². The quantitative estimate of drug-likeness (QED) is 0.596. The van der Waals surface area contributed by atoms with Gasteiger partial charge in [-0.2, -0.15) is 15.3 Å². The van der Waals surface area contributed by atoms with Gasteiger partial charge in [-0.25, -0.2) is 9.36 Å². The van der Waals surface area contributed by atoms with E-state index in [1.54, 1.807) is 15.6 Å². The summed E-state index contributed by atoms with van der Waals surface area (Å²) in [5.41, 5.74) is 3.32. The van der Waals surface area contributed by atoms with E-state index in [2.05, 4.69) is 25.7 Å². The zero-order chi connectivity index (χ0) is 17.4. The second-order valence-corrected chi connectivity index (χ2v) is 5.86. The Bertz CT molecular complexity index is 1040. The monoisotopic (exact) mass is 335 g/mol. The second-order valence-electron chi connectivity index (χ2n) is 5.86. The van der Waals surface area contributed by atoms with Gasteiger partial charge in [0.2, 0.25) is 5.91 Å². The molecule has 8 heteroatoms. The highest BCUT2D eigenvalue weighted by atomic mass is 16.1. The molecule has 0 fully saturated rings. The fourth-order valence-electron chi connectivity index (χ4n) is 2.86. The number of H-pyrrole nitrogens is 1. The highest BCUT2D eigenvalue weighted by Crippen LogP contribution is 2.23. The number of aromatic nitrogens is 6. The molecule has 0 bridgehead atoms. The number of benzene rings is 1. The van der Waals surface area contributed by atoms with Crippen LogP contribution in [-0.4, -0.2) is 35.7 Å². The summed E-state index contributed by atoms with van der Waals surface area (Å²) in [6.07, 6.45) is 3.78. The molecule has 0 aliphatic carbocycles. The Morgan fingerprint density at radius 2 is 2.08 bits per heavy atom. The van der Waals surface area contributed by atoms with E-state index < -0.39 is 0 Å². The molecule has 8 nitrogen and oxygen atoms in total. The molecule has 25 heavy (non-hydrogen) atoms. The fourth-order valence-corrected chi connectivity index (χ4v) is 2.86. The van der Waals surface area contributed by atoms with Gasteiger partial charge in [-0.05, 0) is 24.6 Å². The first-order valence-electron chi connectivity index (χ1n) is 7.88. The van der Waals surface area contributed by atoms with Crippen molar-refractivity contribution in [2.45, 2.75) is 13.3 Å². The van der Waals surface area contributed by atoms with Crippen LogP contribution in [0.1, 0.15) is 11.3 Å². The minimum Gasteiger partial charge on any atom is -0.310 e. The predicted octanol–water partition coefficient (Wildman–Crippen LogP) is 1.97. The van der Waals surface area contributed by atoms with Gasteiger partial charge in [-0.1, -0.05) is 18.2 Å². The van der Waals surface area contributed by atoms with Crippen molar-refractivity contribution >= 4 is 22.8 Å². The minimum absolute atomic E-state index is 0.138. The van der Waals surface area contributed by atoms with Gasteiger partial charge in [0.05, 0.1) is 29.4 Å². The van der Waals surface area contributed by atoms with Gasteiger partial charge < -0.3 is 5.32 Å². The molecule has 0 atom stereocenters. The maximum Gasteiger partial charge on any atom is 0.230 e. The third-order valence-electron chi connectivity index (χ3n) is 4.00. The van der Waals surface area contributed by atoms with E-state index in [-0.39, 0.29) is 12.3 Å². The Kier molecular flexibility index (Phi) is 3.57. The Morgan fingerprint density at radius 1 is 1.28 bits per heavy atom. The van der Waals surface area contributed by atoms with Gasteiger partial charge in [-0.3, -0.25) is 9.89 Å². The van der Waals surface area contributed by atoms with E-state index in [9.17, 15) is 4.79 Å². The van der Waals surface area contributed by atoms with Crippen molar-refractivity contribution in [2.24, 2.45) is 7.05 Å². The molecule has 0 spiro atoms. The highest BCUT2D eigenvalue weighted by molar-refractivity contribution is 6.00. The molecule has 3 aromatic heterocycles. The number of para-hydroxylation sites is 1. The molecular formula is C17H17N7O. The van der Waals surface area contributed by atoms with Crippen LogP contribution in [0.15, 0.2) is 42.7 Å². The number of hydrogen-bond acceptors (Lipinski definition) is 4. The highest BCUT2D eigenvalue weighted by Gasteiger charge is 2.16. The first kappa shape index (κ1) is 15.1. The lowest BCUT2D eigenvalue weighted by atomic mass is 10.2. The van der Waals surface area contributed by atoms with Crippen LogP contribution >= 0.6 is 0 Å². The lowest BCUT2D eigenvalue weighted by Gasteiger charge is -2.02. The van der Waals surface area contributed by atoms with Crippen molar-refractivity contribution in [1.82, 2.24) is 29.8 Å². The first-order chi connectivity index (χ1) is 12.1. The van der Waals surface area contributed by atoms with Crippen molar-refractivity contribution in [1.29, 1.82) is 0 Å². The van der Waals surface area contributed by atoms with Gasteiger partial charge in [0.1, 0.15) is 5.82 Å². The largest absolute Gasteiger partial charge is 0.310 e. The van der Waals surface area contributed by atoms with Gasteiger partial charge >= 0.3 is 0 Å². The van der Waals surface area contributed by atoms with Gasteiger partial charge in [0.25, 0.3) is 0 Å². The topological polar surface area (TPSA) is 93.4 Å². The number of anilines is 1. The van der Waals surface area contributed by atoms with Crippen LogP contribution in [-0.2, 0) is 18.3 Å². The van der Waals surface area contributed by atoms with Crippen LogP contribution in [0.4, 0.5) is 5.82 Å².